The number of benzene rings is 2. The maximum absolute atomic E-state index is 12.2. The van der Waals surface area contributed by atoms with Crippen LogP contribution < -0.4 is 5.43 Å². The van der Waals surface area contributed by atoms with Crippen molar-refractivity contribution in [3.8, 4) is 5.69 Å². The van der Waals surface area contributed by atoms with Crippen LogP contribution in [0.2, 0.25) is 5.15 Å². The molecule has 0 bridgehead atoms. The van der Waals surface area contributed by atoms with E-state index < -0.39 is 0 Å². The highest BCUT2D eigenvalue weighted by Gasteiger charge is 2.15. The summed E-state index contributed by atoms with van der Waals surface area (Å²) in [5, 5.41) is 8.46. The highest BCUT2D eigenvalue weighted by Crippen LogP contribution is 2.23. The third-order valence-corrected chi connectivity index (χ3v) is 5.30. The lowest BCUT2D eigenvalue weighted by Gasteiger charge is -2.09. The Morgan fingerprint density at radius 3 is 2.48 bits per heavy atom. The van der Waals surface area contributed by atoms with Crippen molar-refractivity contribution in [2.24, 2.45) is 5.10 Å². The molecule has 0 saturated heterocycles. The number of thioether (sulfide) groups is 1. The molecule has 0 aliphatic rings. The van der Waals surface area contributed by atoms with Gasteiger partial charge in [-0.15, -0.1) is 11.8 Å². The number of carbonyl (C=O) groups is 1. The summed E-state index contributed by atoms with van der Waals surface area (Å²) in [6.45, 7) is 3.75. The van der Waals surface area contributed by atoms with E-state index in [-0.39, 0.29) is 11.2 Å². The summed E-state index contributed by atoms with van der Waals surface area (Å²) in [5.74, 6) is -0.177. The van der Waals surface area contributed by atoms with Crippen molar-refractivity contribution in [1.29, 1.82) is 0 Å². The number of para-hydroxylation sites is 1. The van der Waals surface area contributed by atoms with E-state index in [1.807, 2.05) is 74.5 Å². The molecule has 1 atom stereocenters. The molecule has 0 saturated carbocycles. The fourth-order valence-electron chi connectivity index (χ4n) is 2.46. The van der Waals surface area contributed by atoms with Crippen molar-refractivity contribution in [2.45, 2.75) is 24.0 Å². The molecule has 138 valence electrons. The first-order valence-corrected chi connectivity index (χ1v) is 9.67. The van der Waals surface area contributed by atoms with Crippen LogP contribution in [0.15, 0.2) is 70.7 Å². The second kappa shape index (κ2) is 8.88. The standard InChI is InChI=1S/C20H19ClN4OS/c1-14-18(19(21)24-25(14)16-9-5-3-6-10-16)13-22-23-20(26)15(2)27-17-11-7-4-8-12-17/h3-13,15H,1-2H3,(H,23,26)/b22-13-/t15-/m0/s1. The Morgan fingerprint density at radius 1 is 1.19 bits per heavy atom. The Hall–Kier alpha value is -2.57. The fourth-order valence-corrected chi connectivity index (χ4v) is 3.60. The zero-order chi connectivity index (χ0) is 19.2. The number of nitrogens with one attached hydrogen (secondary N) is 1. The number of halogens is 1. The Labute approximate surface area is 167 Å². The number of rotatable bonds is 6. The zero-order valence-corrected chi connectivity index (χ0v) is 16.5. The van der Waals surface area contributed by atoms with Gasteiger partial charge in [0, 0.05) is 4.90 Å². The normalized spacial score (nSPS) is 12.3. The minimum atomic E-state index is -0.270. The fraction of sp³-hybridized carbons (Fsp3) is 0.150. The molecule has 1 N–H and O–H groups in total. The van der Waals surface area contributed by atoms with E-state index in [9.17, 15) is 4.79 Å². The van der Waals surface area contributed by atoms with E-state index in [1.54, 1.807) is 4.68 Å². The monoisotopic (exact) mass is 398 g/mol. The maximum atomic E-state index is 12.2. The number of nitrogens with zero attached hydrogens (tertiary/aromatic N) is 3. The van der Waals surface area contributed by atoms with Gasteiger partial charge in [-0.05, 0) is 38.1 Å². The van der Waals surface area contributed by atoms with Gasteiger partial charge in [0.1, 0.15) is 0 Å². The molecule has 5 nitrogen and oxygen atoms in total. The minimum Gasteiger partial charge on any atom is -0.272 e. The molecule has 0 aliphatic heterocycles. The first kappa shape index (κ1) is 19.2. The summed E-state index contributed by atoms with van der Waals surface area (Å²) in [6, 6.07) is 19.5. The van der Waals surface area contributed by atoms with Crippen LogP contribution in [0.5, 0.6) is 0 Å². The van der Waals surface area contributed by atoms with Gasteiger partial charge < -0.3 is 0 Å². The highest BCUT2D eigenvalue weighted by atomic mass is 35.5. The van der Waals surface area contributed by atoms with Gasteiger partial charge >= 0.3 is 0 Å². The van der Waals surface area contributed by atoms with Gasteiger partial charge in [0.15, 0.2) is 5.15 Å². The number of hydrogen-bond acceptors (Lipinski definition) is 4. The second-order valence-electron chi connectivity index (χ2n) is 5.84. The molecular formula is C20H19ClN4OS. The molecule has 2 aromatic carbocycles. The van der Waals surface area contributed by atoms with Crippen LogP contribution in [-0.4, -0.2) is 27.2 Å². The number of hydrogen-bond donors (Lipinski definition) is 1. The van der Waals surface area contributed by atoms with Crippen molar-refractivity contribution in [3.63, 3.8) is 0 Å². The second-order valence-corrected chi connectivity index (χ2v) is 7.62. The van der Waals surface area contributed by atoms with E-state index in [0.29, 0.717) is 10.7 Å². The topological polar surface area (TPSA) is 59.3 Å². The molecule has 0 radical (unpaired) electrons. The van der Waals surface area contributed by atoms with E-state index in [4.69, 9.17) is 11.6 Å². The Bertz CT molecular complexity index is 941. The average Bonchev–Trinajstić information content (AvgIpc) is 2.97. The molecule has 7 heteroatoms. The molecule has 0 aliphatic carbocycles. The third-order valence-electron chi connectivity index (χ3n) is 3.91. The van der Waals surface area contributed by atoms with Crippen molar-refractivity contribution >= 4 is 35.5 Å². The van der Waals surface area contributed by atoms with Gasteiger partial charge in [0.25, 0.3) is 5.91 Å². The van der Waals surface area contributed by atoms with Gasteiger partial charge in [-0.3, -0.25) is 4.79 Å². The summed E-state index contributed by atoms with van der Waals surface area (Å²) in [7, 11) is 0. The van der Waals surface area contributed by atoms with Crippen LogP contribution in [0.4, 0.5) is 0 Å². The van der Waals surface area contributed by atoms with Gasteiger partial charge in [-0.2, -0.15) is 10.2 Å². The summed E-state index contributed by atoms with van der Waals surface area (Å²) in [5.41, 5.74) is 4.99. The quantitative estimate of drug-likeness (QED) is 0.378. The lowest BCUT2D eigenvalue weighted by molar-refractivity contribution is -0.120. The zero-order valence-electron chi connectivity index (χ0n) is 15.0. The average molecular weight is 399 g/mol. The SMILES string of the molecule is Cc1c(/C=N\NC(=O)[C@H](C)Sc2ccccc2)c(Cl)nn1-c1ccccc1. The first-order chi connectivity index (χ1) is 13.1. The van der Waals surface area contributed by atoms with Crippen molar-refractivity contribution in [2.75, 3.05) is 0 Å². The smallest absolute Gasteiger partial charge is 0.253 e. The molecule has 1 amide bonds. The lowest BCUT2D eigenvalue weighted by Crippen LogP contribution is -2.26. The number of hydrazone groups is 1. The molecular weight excluding hydrogens is 380 g/mol. The van der Waals surface area contributed by atoms with Crippen molar-refractivity contribution in [3.05, 3.63) is 77.1 Å². The molecule has 0 unspecified atom stereocenters. The molecule has 1 heterocycles. The van der Waals surface area contributed by atoms with E-state index >= 15 is 0 Å². The van der Waals surface area contributed by atoms with Crippen LogP contribution in [0.25, 0.3) is 5.69 Å². The van der Waals surface area contributed by atoms with Crippen molar-refractivity contribution < 1.29 is 4.79 Å². The number of carbonyl (C=O) groups excluding carboxylic acids is 1. The summed E-state index contributed by atoms with van der Waals surface area (Å²) < 4.78 is 1.75. The van der Waals surface area contributed by atoms with Crippen LogP contribution in [0.3, 0.4) is 0 Å². The van der Waals surface area contributed by atoms with Gasteiger partial charge in [0.05, 0.1) is 28.4 Å². The van der Waals surface area contributed by atoms with Gasteiger partial charge in [-0.1, -0.05) is 48.0 Å². The number of aromatic nitrogens is 2. The van der Waals surface area contributed by atoms with Crippen molar-refractivity contribution in [1.82, 2.24) is 15.2 Å². The van der Waals surface area contributed by atoms with Gasteiger partial charge in [0.2, 0.25) is 0 Å². The Morgan fingerprint density at radius 2 is 1.81 bits per heavy atom. The molecule has 3 aromatic rings. The van der Waals surface area contributed by atoms with Crippen LogP contribution in [0.1, 0.15) is 18.2 Å². The minimum absolute atomic E-state index is 0.177. The van der Waals surface area contributed by atoms with E-state index in [2.05, 4.69) is 15.6 Å². The van der Waals surface area contributed by atoms with Crippen LogP contribution in [0, 0.1) is 6.92 Å². The third kappa shape index (κ3) is 4.78. The maximum Gasteiger partial charge on any atom is 0.253 e. The molecule has 3 rings (SSSR count). The number of amides is 1. The van der Waals surface area contributed by atoms with E-state index in [0.717, 1.165) is 16.3 Å². The Balaban J connectivity index is 1.66. The highest BCUT2D eigenvalue weighted by molar-refractivity contribution is 8.00. The molecule has 0 spiro atoms. The lowest BCUT2D eigenvalue weighted by atomic mass is 10.2. The van der Waals surface area contributed by atoms with E-state index in [1.165, 1.54) is 18.0 Å². The first-order valence-electron chi connectivity index (χ1n) is 8.41. The predicted molar refractivity (Wildman–Crippen MR) is 111 cm³/mol. The summed E-state index contributed by atoms with van der Waals surface area (Å²) >= 11 is 7.72. The summed E-state index contributed by atoms with van der Waals surface area (Å²) in [6.07, 6.45) is 1.53. The van der Waals surface area contributed by atoms with Crippen LogP contribution in [-0.2, 0) is 4.79 Å². The molecule has 27 heavy (non-hydrogen) atoms. The largest absolute Gasteiger partial charge is 0.272 e. The van der Waals surface area contributed by atoms with Crippen LogP contribution >= 0.6 is 23.4 Å². The molecule has 1 aromatic heterocycles. The van der Waals surface area contributed by atoms with Gasteiger partial charge in [-0.25, -0.2) is 10.1 Å². The Kier molecular flexibility index (Phi) is 6.32. The summed E-state index contributed by atoms with van der Waals surface area (Å²) in [4.78, 5) is 13.3. The molecule has 0 fully saturated rings. The predicted octanol–water partition coefficient (Wildman–Crippen LogP) is 4.47.